The van der Waals surface area contributed by atoms with E-state index in [-0.39, 0.29) is 17.8 Å². The molecule has 25 heavy (non-hydrogen) atoms. The molecule has 1 aromatic carbocycles. The summed E-state index contributed by atoms with van der Waals surface area (Å²) in [5.74, 6) is -0.566. The molecular weight excluding hydrogens is 360 g/mol. The summed E-state index contributed by atoms with van der Waals surface area (Å²) in [6.45, 7) is 3.54. The number of esters is 1. The fourth-order valence-electron chi connectivity index (χ4n) is 2.85. The molecule has 0 unspecified atom stereocenters. The minimum Gasteiger partial charge on any atom is -0.466 e. The van der Waals surface area contributed by atoms with Crippen LogP contribution in [0.1, 0.15) is 25.3 Å². The Balaban J connectivity index is 1.68. The van der Waals surface area contributed by atoms with Crippen molar-refractivity contribution in [2.24, 2.45) is 10.9 Å². The molecule has 1 amide bonds. The van der Waals surface area contributed by atoms with Crippen LogP contribution in [0, 0.1) is 5.92 Å². The third-order valence-corrected chi connectivity index (χ3v) is 5.39. The van der Waals surface area contributed by atoms with Crippen molar-refractivity contribution in [1.82, 2.24) is 4.90 Å². The number of carbonyl (C=O) groups excluding carboxylic acids is 2. The van der Waals surface area contributed by atoms with Crippen LogP contribution in [0.5, 0.6) is 0 Å². The van der Waals surface area contributed by atoms with Crippen molar-refractivity contribution in [3.63, 3.8) is 0 Å². The number of hydrogen-bond acceptors (Lipinski definition) is 5. The maximum absolute atomic E-state index is 12.2. The number of ether oxygens (including phenoxy) is 1. The van der Waals surface area contributed by atoms with Crippen molar-refractivity contribution in [3.8, 4) is 0 Å². The predicted molar refractivity (Wildman–Crippen MR) is 100 cm³/mol. The van der Waals surface area contributed by atoms with Gasteiger partial charge in [-0.25, -0.2) is 0 Å². The first-order chi connectivity index (χ1) is 12.1. The van der Waals surface area contributed by atoms with Gasteiger partial charge < -0.3 is 9.64 Å². The zero-order valence-corrected chi connectivity index (χ0v) is 15.5. The van der Waals surface area contributed by atoms with E-state index < -0.39 is 0 Å². The monoisotopic (exact) mass is 378 g/mol. The van der Waals surface area contributed by atoms with Gasteiger partial charge in [0.2, 0.25) is 0 Å². The van der Waals surface area contributed by atoms with Gasteiger partial charge in [0, 0.05) is 18.1 Å². The van der Waals surface area contributed by atoms with Crippen molar-refractivity contribution >= 4 is 46.5 Å². The lowest BCUT2D eigenvalue weighted by atomic mass is 9.99. The number of rotatable bonds is 3. The zero-order chi connectivity index (χ0) is 17.8. The standard InChI is InChI=1S/C18H19ClN2O3S/c1-2-24-17(23)13-4-3-9-21(11-13)18-20-16(22)15(25-18)10-12-5-7-14(19)8-6-12/h5-8,10,13H,2-4,9,11H2,1H3/b15-10+/t13-/m0/s1. The van der Waals surface area contributed by atoms with Crippen molar-refractivity contribution in [2.45, 2.75) is 19.8 Å². The number of benzene rings is 1. The molecule has 1 saturated heterocycles. The van der Waals surface area contributed by atoms with Crippen LogP contribution >= 0.6 is 23.4 Å². The van der Waals surface area contributed by atoms with Crippen LogP contribution < -0.4 is 0 Å². The molecule has 2 aliphatic heterocycles. The summed E-state index contributed by atoms with van der Waals surface area (Å²) < 4.78 is 5.12. The van der Waals surface area contributed by atoms with Crippen LogP contribution in [0.3, 0.4) is 0 Å². The van der Waals surface area contributed by atoms with E-state index in [0.717, 1.165) is 24.9 Å². The molecule has 1 aromatic rings. The average molecular weight is 379 g/mol. The number of amidine groups is 1. The summed E-state index contributed by atoms with van der Waals surface area (Å²) in [6, 6.07) is 7.29. The minimum absolute atomic E-state index is 0.156. The Morgan fingerprint density at radius 2 is 2.20 bits per heavy atom. The minimum atomic E-state index is -0.242. The molecular formula is C18H19ClN2O3S. The number of nitrogens with zero attached hydrogens (tertiary/aromatic N) is 2. The number of hydrogen-bond donors (Lipinski definition) is 0. The Morgan fingerprint density at radius 3 is 2.92 bits per heavy atom. The van der Waals surface area contributed by atoms with Gasteiger partial charge in [0.15, 0.2) is 5.17 Å². The second kappa shape index (κ2) is 8.06. The number of aliphatic imine (C=N–C) groups is 1. The predicted octanol–water partition coefficient (Wildman–Crippen LogP) is 3.59. The van der Waals surface area contributed by atoms with Gasteiger partial charge in [-0.15, -0.1) is 0 Å². The fraction of sp³-hybridized carbons (Fsp3) is 0.389. The molecule has 2 heterocycles. The van der Waals surface area contributed by atoms with Crippen LogP contribution in [0.25, 0.3) is 6.08 Å². The first-order valence-electron chi connectivity index (χ1n) is 8.26. The normalized spacial score (nSPS) is 22.2. The lowest BCUT2D eigenvalue weighted by Gasteiger charge is -2.32. The first-order valence-corrected chi connectivity index (χ1v) is 9.46. The van der Waals surface area contributed by atoms with Gasteiger partial charge in [-0.05, 0) is 55.3 Å². The summed E-state index contributed by atoms with van der Waals surface area (Å²) in [7, 11) is 0. The molecule has 132 valence electrons. The lowest BCUT2D eigenvalue weighted by Crippen LogP contribution is -2.41. The van der Waals surface area contributed by atoms with Gasteiger partial charge in [-0.2, -0.15) is 4.99 Å². The van der Waals surface area contributed by atoms with Gasteiger partial charge in [0.25, 0.3) is 5.91 Å². The van der Waals surface area contributed by atoms with E-state index in [0.29, 0.717) is 28.2 Å². The van der Waals surface area contributed by atoms with Crippen LogP contribution in [0.2, 0.25) is 5.02 Å². The molecule has 1 fully saturated rings. The summed E-state index contributed by atoms with van der Waals surface area (Å²) in [5, 5.41) is 1.32. The third kappa shape index (κ3) is 4.44. The van der Waals surface area contributed by atoms with E-state index in [1.165, 1.54) is 11.8 Å². The summed E-state index contributed by atoms with van der Waals surface area (Å²) in [5.41, 5.74) is 0.903. The maximum Gasteiger partial charge on any atom is 0.310 e. The smallest absolute Gasteiger partial charge is 0.310 e. The number of carbonyl (C=O) groups is 2. The fourth-order valence-corrected chi connectivity index (χ4v) is 3.92. The third-order valence-electron chi connectivity index (χ3n) is 4.09. The molecule has 5 nitrogen and oxygen atoms in total. The van der Waals surface area contributed by atoms with Crippen LogP contribution in [-0.2, 0) is 14.3 Å². The van der Waals surface area contributed by atoms with Crippen molar-refractivity contribution in [3.05, 3.63) is 39.8 Å². The van der Waals surface area contributed by atoms with Gasteiger partial charge >= 0.3 is 5.97 Å². The Bertz CT molecular complexity index is 730. The Hall–Kier alpha value is -1.79. The molecule has 3 rings (SSSR count). The number of amides is 1. The van der Waals surface area contributed by atoms with E-state index in [2.05, 4.69) is 4.99 Å². The highest BCUT2D eigenvalue weighted by atomic mass is 35.5. The highest BCUT2D eigenvalue weighted by Crippen LogP contribution is 2.32. The van der Waals surface area contributed by atoms with Gasteiger partial charge in [0.1, 0.15) is 0 Å². The van der Waals surface area contributed by atoms with Gasteiger partial charge in [-0.1, -0.05) is 23.7 Å². The lowest BCUT2D eigenvalue weighted by molar-refractivity contribution is -0.149. The van der Waals surface area contributed by atoms with E-state index in [4.69, 9.17) is 16.3 Å². The van der Waals surface area contributed by atoms with E-state index in [1.807, 2.05) is 30.0 Å². The number of piperidine rings is 1. The maximum atomic E-state index is 12.2. The molecule has 2 aliphatic rings. The number of halogens is 1. The number of thioether (sulfide) groups is 1. The second-order valence-electron chi connectivity index (χ2n) is 5.90. The van der Waals surface area contributed by atoms with Gasteiger partial charge in [0.05, 0.1) is 17.4 Å². The number of likely N-dealkylation sites (tertiary alicyclic amines) is 1. The van der Waals surface area contributed by atoms with E-state index in [1.54, 1.807) is 12.1 Å². The molecule has 0 aromatic heterocycles. The van der Waals surface area contributed by atoms with E-state index >= 15 is 0 Å². The molecule has 0 saturated carbocycles. The van der Waals surface area contributed by atoms with Gasteiger partial charge in [-0.3, -0.25) is 9.59 Å². The summed E-state index contributed by atoms with van der Waals surface area (Å²) in [6.07, 6.45) is 3.51. The largest absolute Gasteiger partial charge is 0.466 e. The Morgan fingerprint density at radius 1 is 1.44 bits per heavy atom. The van der Waals surface area contributed by atoms with Crippen LogP contribution in [0.4, 0.5) is 0 Å². The van der Waals surface area contributed by atoms with E-state index in [9.17, 15) is 9.59 Å². The topological polar surface area (TPSA) is 59.0 Å². The molecule has 0 radical (unpaired) electrons. The second-order valence-corrected chi connectivity index (χ2v) is 7.34. The summed E-state index contributed by atoms with van der Waals surface area (Å²) >= 11 is 7.24. The molecule has 0 bridgehead atoms. The zero-order valence-electron chi connectivity index (χ0n) is 13.9. The highest BCUT2D eigenvalue weighted by molar-refractivity contribution is 8.18. The Kier molecular flexibility index (Phi) is 5.81. The SMILES string of the molecule is CCOC(=O)[C@H]1CCCN(C2=NC(=O)/C(=C\c3ccc(Cl)cc3)S2)C1. The molecule has 0 N–H and O–H groups in total. The average Bonchev–Trinajstić information content (AvgIpc) is 2.98. The molecule has 1 atom stereocenters. The Labute approximate surface area is 156 Å². The van der Waals surface area contributed by atoms with Crippen molar-refractivity contribution in [1.29, 1.82) is 0 Å². The van der Waals surface area contributed by atoms with Crippen molar-refractivity contribution < 1.29 is 14.3 Å². The van der Waals surface area contributed by atoms with Crippen LogP contribution in [-0.4, -0.2) is 41.6 Å². The quantitative estimate of drug-likeness (QED) is 0.594. The highest BCUT2D eigenvalue weighted by Gasteiger charge is 2.32. The molecule has 0 spiro atoms. The van der Waals surface area contributed by atoms with Crippen molar-refractivity contribution in [2.75, 3.05) is 19.7 Å². The molecule has 7 heteroatoms. The molecule has 0 aliphatic carbocycles. The summed E-state index contributed by atoms with van der Waals surface area (Å²) in [4.78, 5) is 30.9. The van der Waals surface area contributed by atoms with Crippen LogP contribution in [0.15, 0.2) is 34.2 Å². The first kappa shape index (κ1) is 18.0.